The minimum absolute atomic E-state index is 0. The molecule has 0 radical (unpaired) electrons. The third kappa shape index (κ3) is 4.72. The minimum Gasteiger partial charge on any atom is -0.453 e. The van der Waals surface area contributed by atoms with Gasteiger partial charge in [0, 0.05) is 30.3 Å². The molecule has 3 rings (SSSR count). The lowest BCUT2D eigenvalue weighted by molar-refractivity contribution is 0.0792. The van der Waals surface area contributed by atoms with E-state index in [9.17, 15) is 9.18 Å². The summed E-state index contributed by atoms with van der Waals surface area (Å²) in [6, 6.07) is 9.45. The quantitative estimate of drug-likeness (QED) is 0.720. The average Bonchev–Trinajstić information content (AvgIpc) is 3.19. The number of carbonyl (C=O) groups is 1. The molecule has 1 fully saturated rings. The third-order valence-electron chi connectivity index (χ3n) is 4.61. The van der Waals surface area contributed by atoms with Crippen LogP contribution in [0.2, 0.25) is 5.02 Å². The molecule has 1 amide bonds. The second-order valence-electron chi connectivity index (χ2n) is 6.42. The Morgan fingerprint density at radius 1 is 1.30 bits per heavy atom. The average molecular weight is 413 g/mol. The molecule has 1 heterocycles. The molecule has 1 atom stereocenters. The zero-order valence-corrected chi connectivity index (χ0v) is 16.7. The van der Waals surface area contributed by atoms with Crippen molar-refractivity contribution in [2.45, 2.75) is 32.2 Å². The Hall–Kier alpha value is -1.82. The molecule has 0 saturated carbocycles. The first-order valence-corrected chi connectivity index (χ1v) is 9.19. The molecule has 2 aromatic carbocycles. The molecule has 2 N–H and O–H groups in total. The smallest absolute Gasteiger partial charge is 0.253 e. The number of nitrogens with zero attached hydrogens (tertiary/aromatic N) is 1. The van der Waals surface area contributed by atoms with Gasteiger partial charge in [-0.3, -0.25) is 4.79 Å². The van der Waals surface area contributed by atoms with E-state index in [0.29, 0.717) is 23.3 Å². The number of hydrogen-bond donors (Lipinski definition) is 1. The van der Waals surface area contributed by atoms with Crippen LogP contribution in [-0.4, -0.2) is 23.9 Å². The highest BCUT2D eigenvalue weighted by molar-refractivity contribution is 6.32. The summed E-state index contributed by atoms with van der Waals surface area (Å²) in [5.74, 6) is -0.318. The van der Waals surface area contributed by atoms with Crippen molar-refractivity contribution < 1.29 is 13.9 Å². The lowest BCUT2D eigenvalue weighted by atomic mass is 10.0. The maximum atomic E-state index is 14.8. The summed E-state index contributed by atoms with van der Waals surface area (Å²) in [7, 11) is 0. The van der Waals surface area contributed by atoms with Gasteiger partial charge in [-0.15, -0.1) is 12.4 Å². The third-order valence-corrected chi connectivity index (χ3v) is 4.91. The van der Waals surface area contributed by atoms with Crippen molar-refractivity contribution in [1.29, 1.82) is 0 Å². The van der Waals surface area contributed by atoms with Crippen LogP contribution in [0.4, 0.5) is 4.39 Å². The summed E-state index contributed by atoms with van der Waals surface area (Å²) >= 11 is 6.12. The molecule has 0 aliphatic carbocycles. The number of halogens is 3. The van der Waals surface area contributed by atoms with Gasteiger partial charge in [0.2, 0.25) is 0 Å². The lowest BCUT2D eigenvalue weighted by Gasteiger charge is -2.17. The highest BCUT2D eigenvalue weighted by Crippen LogP contribution is 2.36. The number of benzene rings is 2. The van der Waals surface area contributed by atoms with E-state index in [4.69, 9.17) is 22.1 Å². The number of ether oxygens (including phenoxy) is 1. The van der Waals surface area contributed by atoms with Gasteiger partial charge < -0.3 is 15.4 Å². The Morgan fingerprint density at radius 2 is 2.00 bits per heavy atom. The van der Waals surface area contributed by atoms with E-state index in [1.807, 2.05) is 11.8 Å². The molecule has 27 heavy (non-hydrogen) atoms. The number of carbonyl (C=O) groups excluding carboxylic acids is 1. The first-order chi connectivity index (χ1) is 12.5. The molecule has 0 spiro atoms. The van der Waals surface area contributed by atoms with Crippen molar-refractivity contribution in [3.63, 3.8) is 0 Å². The van der Waals surface area contributed by atoms with Crippen LogP contribution < -0.4 is 10.5 Å². The Morgan fingerprint density at radius 3 is 2.67 bits per heavy atom. The second kappa shape index (κ2) is 9.40. The highest BCUT2D eigenvalue weighted by Gasteiger charge is 2.21. The van der Waals surface area contributed by atoms with Gasteiger partial charge in [0.25, 0.3) is 5.91 Å². The Kier molecular flexibility index (Phi) is 7.48. The fraction of sp³-hybridized carbons (Fsp3) is 0.350. The van der Waals surface area contributed by atoms with E-state index < -0.39 is 11.9 Å². The van der Waals surface area contributed by atoms with Gasteiger partial charge in [-0.25, -0.2) is 4.39 Å². The second-order valence-corrected chi connectivity index (χ2v) is 6.83. The van der Waals surface area contributed by atoms with Crippen LogP contribution in [0.25, 0.3) is 0 Å². The molecule has 0 bridgehead atoms. The molecule has 146 valence electrons. The summed E-state index contributed by atoms with van der Waals surface area (Å²) in [5.41, 5.74) is 6.83. The summed E-state index contributed by atoms with van der Waals surface area (Å²) < 4.78 is 20.5. The fourth-order valence-electron chi connectivity index (χ4n) is 3.06. The van der Waals surface area contributed by atoms with Crippen molar-refractivity contribution in [1.82, 2.24) is 4.90 Å². The molecule has 0 unspecified atom stereocenters. The maximum absolute atomic E-state index is 14.8. The van der Waals surface area contributed by atoms with Crippen LogP contribution in [0.1, 0.15) is 48.1 Å². The molecule has 1 aliphatic rings. The SMILES string of the molecule is CC[C@H](N)c1ccc(Cl)c(Oc2cccc(C(=O)N3CCCC3)c2)c1F.Cl. The van der Waals surface area contributed by atoms with Gasteiger partial charge in [0.15, 0.2) is 11.6 Å². The molecule has 2 aromatic rings. The van der Waals surface area contributed by atoms with Crippen LogP contribution in [0, 0.1) is 5.82 Å². The van der Waals surface area contributed by atoms with E-state index in [1.165, 1.54) is 0 Å². The summed E-state index contributed by atoms with van der Waals surface area (Å²) in [6.07, 6.45) is 2.64. The van der Waals surface area contributed by atoms with Gasteiger partial charge in [-0.1, -0.05) is 30.7 Å². The van der Waals surface area contributed by atoms with Gasteiger partial charge in [-0.2, -0.15) is 0 Å². The number of amides is 1. The first-order valence-electron chi connectivity index (χ1n) is 8.82. The Balaban J connectivity index is 0.00000261. The number of likely N-dealkylation sites (tertiary alicyclic amines) is 1. The fourth-order valence-corrected chi connectivity index (χ4v) is 3.25. The maximum Gasteiger partial charge on any atom is 0.253 e. The molecule has 1 saturated heterocycles. The topological polar surface area (TPSA) is 55.6 Å². The molecular weight excluding hydrogens is 390 g/mol. The Bertz CT molecular complexity index is 811. The zero-order valence-electron chi connectivity index (χ0n) is 15.1. The van der Waals surface area contributed by atoms with Gasteiger partial charge >= 0.3 is 0 Å². The number of hydrogen-bond acceptors (Lipinski definition) is 3. The van der Waals surface area contributed by atoms with Crippen LogP contribution in [0.3, 0.4) is 0 Å². The molecule has 1 aliphatic heterocycles. The summed E-state index contributed by atoms with van der Waals surface area (Å²) in [5, 5.41) is 0.158. The van der Waals surface area contributed by atoms with Crippen LogP contribution in [-0.2, 0) is 0 Å². The predicted molar refractivity (Wildman–Crippen MR) is 108 cm³/mol. The van der Waals surface area contributed by atoms with E-state index >= 15 is 0 Å². The number of rotatable bonds is 5. The van der Waals surface area contributed by atoms with Crippen LogP contribution >= 0.6 is 24.0 Å². The molecule has 7 heteroatoms. The van der Waals surface area contributed by atoms with Crippen molar-refractivity contribution >= 4 is 29.9 Å². The molecular formula is C20H23Cl2FN2O2. The van der Waals surface area contributed by atoms with E-state index in [-0.39, 0.29) is 29.1 Å². The first kappa shape index (κ1) is 21.5. The van der Waals surface area contributed by atoms with Crippen LogP contribution in [0.15, 0.2) is 36.4 Å². The number of nitrogens with two attached hydrogens (primary N) is 1. The summed E-state index contributed by atoms with van der Waals surface area (Å²) in [4.78, 5) is 14.3. The van der Waals surface area contributed by atoms with E-state index in [0.717, 1.165) is 25.9 Å². The summed E-state index contributed by atoms with van der Waals surface area (Å²) in [6.45, 7) is 3.41. The van der Waals surface area contributed by atoms with Gasteiger partial charge in [-0.05, 0) is 43.5 Å². The van der Waals surface area contributed by atoms with Crippen molar-refractivity contribution in [3.05, 3.63) is 58.4 Å². The lowest BCUT2D eigenvalue weighted by Crippen LogP contribution is -2.27. The minimum atomic E-state index is -0.567. The zero-order chi connectivity index (χ0) is 18.7. The van der Waals surface area contributed by atoms with Crippen LogP contribution in [0.5, 0.6) is 11.5 Å². The molecule has 4 nitrogen and oxygen atoms in total. The standard InChI is InChI=1S/C20H22ClFN2O2.ClH/c1-2-17(23)15-8-9-16(21)19(18(15)22)26-14-7-5-6-13(12-14)20(25)24-10-3-4-11-24;/h5-9,12,17H,2-4,10-11,23H2,1H3;1H/t17-;/m0./s1. The predicted octanol–water partition coefficient (Wildman–Crippen LogP) is 5.34. The Labute approximate surface area is 169 Å². The van der Waals surface area contributed by atoms with Gasteiger partial charge in [0.05, 0.1) is 5.02 Å². The normalized spacial score (nSPS) is 14.6. The monoisotopic (exact) mass is 412 g/mol. The van der Waals surface area contributed by atoms with Crippen molar-refractivity contribution in [3.8, 4) is 11.5 Å². The largest absolute Gasteiger partial charge is 0.453 e. The molecule has 0 aromatic heterocycles. The van der Waals surface area contributed by atoms with Crippen molar-refractivity contribution in [2.75, 3.05) is 13.1 Å². The van der Waals surface area contributed by atoms with E-state index in [2.05, 4.69) is 0 Å². The highest BCUT2D eigenvalue weighted by atomic mass is 35.5. The van der Waals surface area contributed by atoms with Crippen molar-refractivity contribution in [2.24, 2.45) is 5.73 Å². The van der Waals surface area contributed by atoms with Gasteiger partial charge in [0.1, 0.15) is 5.75 Å². The van der Waals surface area contributed by atoms with E-state index in [1.54, 1.807) is 36.4 Å².